The third-order valence-corrected chi connectivity index (χ3v) is 2.96. The minimum absolute atomic E-state index is 0.0179. The van der Waals surface area contributed by atoms with E-state index in [1.807, 2.05) is 31.2 Å². The molecule has 1 heterocycles. The molecule has 2 rings (SSSR count). The average Bonchev–Trinajstić information content (AvgIpc) is 2.98. The highest BCUT2D eigenvalue weighted by Gasteiger charge is 2.13. The van der Waals surface area contributed by atoms with Crippen LogP contribution in [0, 0.1) is 0 Å². The van der Waals surface area contributed by atoms with E-state index in [9.17, 15) is 4.79 Å². The number of hydrogen-bond acceptors (Lipinski definition) is 5. The molecule has 20 heavy (non-hydrogen) atoms. The van der Waals surface area contributed by atoms with Crippen molar-refractivity contribution in [3.05, 3.63) is 36.2 Å². The quantitative estimate of drug-likeness (QED) is 0.777. The number of aromatic nitrogens is 4. The standard InChI is InChI=1S/C13H17N5O2/c1-3-17(13(19)9-18-10-14-15-16-18)8-11-4-6-12(20-2)7-5-11/h4-7,10H,3,8-9H2,1-2H3. The van der Waals surface area contributed by atoms with Gasteiger partial charge in [0.2, 0.25) is 5.91 Å². The first kappa shape index (κ1) is 14.0. The molecular formula is C13H17N5O2. The molecular weight excluding hydrogens is 258 g/mol. The van der Waals surface area contributed by atoms with Gasteiger partial charge in [0, 0.05) is 13.1 Å². The van der Waals surface area contributed by atoms with Gasteiger partial charge in [-0.15, -0.1) is 5.10 Å². The molecule has 0 spiro atoms. The maximum absolute atomic E-state index is 12.2. The summed E-state index contributed by atoms with van der Waals surface area (Å²) in [6, 6.07) is 7.67. The van der Waals surface area contributed by atoms with Gasteiger partial charge in [-0.2, -0.15) is 0 Å². The maximum atomic E-state index is 12.2. The molecule has 0 aliphatic heterocycles. The lowest BCUT2D eigenvalue weighted by Crippen LogP contribution is -2.33. The second kappa shape index (κ2) is 6.65. The molecule has 0 atom stereocenters. The van der Waals surface area contributed by atoms with E-state index < -0.39 is 0 Å². The normalized spacial score (nSPS) is 10.3. The van der Waals surface area contributed by atoms with Crippen molar-refractivity contribution in [2.75, 3.05) is 13.7 Å². The van der Waals surface area contributed by atoms with Crippen molar-refractivity contribution in [2.45, 2.75) is 20.0 Å². The zero-order chi connectivity index (χ0) is 14.4. The summed E-state index contributed by atoms with van der Waals surface area (Å²) in [5, 5.41) is 10.7. The Labute approximate surface area is 117 Å². The van der Waals surface area contributed by atoms with Gasteiger partial charge in [-0.05, 0) is 35.0 Å². The van der Waals surface area contributed by atoms with Crippen LogP contribution in [0.4, 0.5) is 0 Å². The van der Waals surface area contributed by atoms with Gasteiger partial charge >= 0.3 is 0 Å². The van der Waals surface area contributed by atoms with Gasteiger partial charge in [0.1, 0.15) is 18.6 Å². The second-order valence-corrected chi connectivity index (χ2v) is 4.26. The van der Waals surface area contributed by atoms with Gasteiger partial charge in [0.25, 0.3) is 0 Å². The Balaban J connectivity index is 1.98. The molecule has 0 fully saturated rings. The fraction of sp³-hybridized carbons (Fsp3) is 0.385. The number of carbonyl (C=O) groups excluding carboxylic acids is 1. The fourth-order valence-electron chi connectivity index (χ4n) is 1.82. The first-order chi connectivity index (χ1) is 9.72. The van der Waals surface area contributed by atoms with Crippen LogP contribution in [0.25, 0.3) is 0 Å². The van der Waals surface area contributed by atoms with E-state index in [0.29, 0.717) is 13.1 Å². The van der Waals surface area contributed by atoms with E-state index in [4.69, 9.17) is 4.74 Å². The topological polar surface area (TPSA) is 73.1 Å². The summed E-state index contributed by atoms with van der Waals surface area (Å²) in [5.74, 6) is 0.785. The molecule has 0 saturated heterocycles. The summed E-state index contributed by atoms with van der Waals surface area (Å²) < 4.78 is 6.53. The summed E-state index contributed by atoms with van der Waals surface area (Å²) in [7, 11) is 1.63. The monoisotopic (exact) mass is 275 g/mol. The molecule has 1 amide bonds. The number of nitrogens with zero attached hydrogens (tertiary/aromatic N) is 5. The van der Waals surface area contributed by atoms with E-state index in [0.717, 1.165) is 11.3 Å². The Morgan fingerprint density at radius 1 is 1.35 bits per heavy atom. The van der Waals surface area contributed by atoms with Gasteiger partial charge in [-0.25, -0.2) is 4.68 Å². The molecule has 106 valence electrons. The number of rotatable bonds is 6. The SMILES string of the molecule is CCN(Cc1ccc(OC)cc1)C(=O)Cn1cnnn1. The first-order valence-corrected chi connectivity index (χ1v) is 6.34. The van der Waals surface area contributed by atoms with Crippen LogP contribution in [0.15, 0.2) is 30.6 Å². The molecule has 2 aromatic rings. The Kier molecular flexibility index (Phi) is 4.65. The summed E-state index contributed by atoms with van der Waals surface area (Å²) in [4.78, 5) is 13.9. The van der Waals surface area contributed by atoms with E-state index in [1.165, 1.54) is 11.0 Å². The third-order valence-electron chi connectivity index (χ3n) is 2.96. The van der Waals surface area contributed by atoms with E-state index in [-0.39, 0.29) is 12.5 Å². The van der Waals surface area contributed by atoms with Crippen LogP contribution < -0.4 is 4.74 Å². The molecule has 0 bridgehead atoms. The fourth-order valence-corrected chi connectivity index (χ4v) is 1.82. The lowest BCUT2D eigenvalue weighted by Gasteiger charge is -2.20. The Morgan fingerprint density at radius 3 is 2.65 bits per heavy atom. The van der Waals surface area contributed by atoms with Crippen LogP contribution in [-0.2, 0) is 17.9 Å². The highest BCUT2D eigenvalue weighted by atomic mass is 16.5. The summed E-state index contributed by atoms with van der Waals surface area (Å²) in [5.41, 5.74) is 1.05. The number of carbonyl (C=O) groups is 1. The molecule has 7 nitrogen and oxygen atoms in total. The number of tetrazole rings is 1. The zero-order valence-corrected chi connectivity index (χ0v) is 11.6. The van der Waals surface area contributed by atoms with Crippen molar-refractivity contribution in [1.29, 1.82) is 0 Å². The molecule has 1 aromatic heterocycles. The smallest absolute Gasteiger partial charge is 0.244 e. The Bertz CT molecular complexity index is 538. The van der Waals surface area contributed by atoms with Crippen LogP contribution >= 0.6 is 0 Å². The lowest BCUT2D eigenvalue weighted by molar-refractivity contribution is -0.132. The van der Waals surface area contributed by atoms with Gasteiger partial charge in [0.15, 0.2) is 0 Å². The van der Waals surface area contributed by atoms with E-state index >= 15 is 0 Å². The van der Waals surface area contributed by atoms with Crippen LogP contribution in [0.1, 0.15) is 12.5 Å². The number of ether oxygens (including phenoxy) is 1. The maximum Gasteiger partial charge on any atom is 0.244 e. The van der Waals surface area contributed by atoms with Gasteiger partial charge in [0.05, 0.1) is 7.11 Å². The predicted molar refractivity (Wildman–Crippen MR) is 71.9 cm³/mol. The molecule has 0 unspecified atom stereocenters. The van der Waals surface area contributed by atoms with Crippen LogP contribution in [-0.4, -0.2) is 44.7 Å². The number of likely N-dealkylation sites (N-methyl/N-ethyl adjacent to an activating group) is 1. The van der Waals surface area contributed by atoms with Crippen LogP contribution in [0.3, 0.4) is 0 Å². The van der Waals surface area contributed by atoms with Crippen LogP contribution in [0.2, 0.25) is 0 Å². The predicted octanol–water partition coefficient (Wildman–Crippen LogP) is 0.730. The Hall–Kier alpha value is -2.44. The van der Waals surface area contributed by atoms with Gasteiger partial charge in [-0.3, -0.25) is 4.79 Å². The van der Waals surface area contributed by atoms with Crippen molar-refractivity contribution in [1.82, 2.24) is 25.1 Å². The minimum atomic E-state index is -0.0179. The van der Waals surface area contributed by atoms with Crippen molar-refractivity contribution >= 4 is 5.91 Å². The minimum Gasteiger partial charge on any atom is -0.497 e. The zero-order valence-electron chi connectivity index (χ0n) is 11.6. The molecule has 1 aromatic carbocycles. The molecule has 7 heteroatoms. The van der Waals surface area contributed by atoms with Gasteiger partial charge in [-0.1, -0.05) is 12.1 Å². The molecule has 0 radical (unpaired) electrons. The number of hydrogen-bond donors (Lipinski definition) is 0. The summed E-state index contributed by atoms with van der Waals surface area (Å²) in [6.45, 7) is 3.28. The summed E-state index contributed by atoms with van der Waals surface area (Å²) in [6.07, 6.45) is 1.43. The summed E-state index contributed by atoms with van der Waals surface area (Å²) >= 11 is 0. The van der Waals surface area contributed by atoms with Crippen molar-refractivity contribution in [3.8, 4) is 5.75 Å². The first-order valence-electron chi connectivity index (χ1n) is 6.34. The largest absolute Gasteiger partial charge is 0.497 e. The third kappa shape index (κ3) is 3.53. The highest BCUT2D eigenvalue weighted by molar-refractivity contribution is 5.75. The van der Waals surface area contributed by atoms with Crippen molar-refractivity contribution < 1.29 is 9.53 Å². The number of amides is 1. The van der Waals surface area contributed by atoms with Gasteiger partial charge < -0.3 is 9.64 Å². The molecule has 0 aliphatic rings. The number of methoxy groups -OCH3 is 1. The molecule has 0 saturated carbocycles. The van der Waals surface area contributed by atoms with Crippen LogP contribution in [0.5, 0.6) is 5.75 Å². The second-order valence-electron chi connectivity index (χ2n) is 4.26. The molecule has 0 aliphatic carbocycles. The highest BCUT2D eigenvalue weighted by Crippen LogP contribution is 2.13. The lowest BCUT2D eigenvalue weighted by atomic mass is 10.2. The van der Waals surface area contributed by atoms with Crippen molar-refractivity contribution in [3.63, 3.8) is 0 Å². The Morgan fingerprint density at radius 2 is 2.10 bits per heavy atom. The number of benzene rings is 1. The van der Waals surface area contributed by atoms with E-state index in [2.05, 4.69) is 15.5 Å². The van der Waals surface area contributed by atoms with Crippen molar-refractivity contribution in [2.24, 2.45) is 0 Å². The average molecular weight is 275 g/mol. The van der Waals surface area contributed by atoms with E-state index in [1.54, 1.807) is 12.0 Å². The molecule has 0 N–H and O–H groups in total.